The average Bonchev–Trinajstić information content (AvgIpc) is 3.12. The number of ether oxygens (including phenoxy) is 2. The number of epoxide rings is 1. The zero-order valence-corrected chi connectivity index (χ0v) is 15.0. The first-order chi connectivity index (χ1) is 11.3. The molecule has 0 saturated carbocycles. The van der Waals surface area contributed by atoms with Gasteiger partial charge in [-0.15, -0.1) is 0 Å². The second kappa shape index (κ2) is 6.28. The van der Waals surface area contributed by atoms with Crippen LogP contribution in [0.15, 0.2) is 23.8 Å². The first-order valence-electron chi connectivity index (χ1n) is 8.48. The first-order valence-corrected chi connectivity index (χ1v) is 10.1. The Balaban J connectivity index is 1.74. The fourth-order valence-corrected chi connectivity index (χ4v) is 4.19. The van der Waals surface area contributed by atoms with Crippen LogP contribution in [0.1, 0.15) is 39.5 Å². The van der Waals surface area contributed by atoms with Gasteiger partial charge < -0.3 is 9.47 Å². The number of allylic oxidation sites excluding steroid dienone is 1. The van der Waals surface area contributed by atoms with Gasteiger partial charge >= 0.3 is 5.97 Å². The lowest BCUT2D eigenvalue weighted by atomic mass is 9.84. The predicted octanol–water partition coefficient (Wildman–Crippen LogP) is 1.68. The molecule has 24 heavy (non-hydrogen) atoms. The Bertz CT molecular complexity index is 683. The number of hydrogen-bond acceptors (Lipinski definition) is 5. The molecule has 1 N–H and O–H groups in total. The first kappa shape index (κ1) is 17.6. The summed E-state index contributed by atoms with van der Waals surface area (Å²) >= 11 is 0. The van der Waals surface area contributed by atoms with Gasteiger partial charge in [0.2, 0.25) is 10.0 Å². The summed E-state index contributed by atoms with van der Waals surface area (Å²) < 4.78 is 37.3. The Hall–Kier alpha value is -1.18. The lowest BCUT2D eigenvalue weighted by Gasteiger charge is -2.20. The van der Waals surface area contributed by atoms with E-state index in [0.29, 0.717) is 25.0 Å². The van der Waals surface area contributed by atoms with E-state index in [9.17, 15) is 13.2 Å². The molecule has 0 aromatic heterocycles. The second-order valence-electron chi connectivity index (χ2n) is 7.02. The fraction of sp³-hybridized carbons (Fsp3) is 0.706. The Morgan fingerprint density at radius 3 is 2.92 bits per heavy atom. The van der Waals surface area contributed by atoms with Gasteiger partial charge in [-0.2, -0.15) is 0 Å². The number of fused-ring (bicyclic) bond motifs is 3. The summed E-state index contributed by atoms with van der Waals surface area (Å²) in [5.74, 6) is -0.328. The van der Waals surface area contributed by atoms with E-state index >= 15 is 0 Å². The van der Waals surface area contributed by atoms with Crippen LogP contribution >= 0.6 is 0 Å². The maximum Gasteiger partial charge on any atom is 0.334 e. The van der Waals surface area contributed by atoms with Gasteiger partial charge in [-0.25, -0.2) is 17.9 Å². The number of sulfonamides is 1. The smallest absolute Gasteiger partial charge is 0.334 e. The third kappa shape index (κ3) is 3.43. The molecule has 7 heteroatoms. The van der Waals surface area contributed by atoms with Gasteiger partial charge in [0.25, 0.3) is 0 Å². The van der Waals surface area contributed by atoms with E-state index in [1.54, 1.807) is 6.92 Å². The van der Waals surface area contributed by atoms with Gasteiger partial charge in [-0.05, 0) is 39.5 Å². The number of hydrogen-bond donors (Lipinski definition) is 1. The van der Waals surface area contributed by atoms with Crippen molar-refractivity contribution in [1.29, 1.82) is 0 Å². The van der Waals surface area contributed by atoms with E-state index < -0.39 is 10.0 Å². The highest BCUT2D eigenvalue weighted by Gasteiger charge is 2.61. The molecule has 0 aromatic rings. The van der Waals surface area contributed by atoms with Crippen LogP contribution in [0.5, 0.6) is 0 Å². The van der Waals surface area contributed by atoms with Crippen molar-refractivity contribution in [2.75, 3.05) is 12.3 Å². The van der Waals surface area contributed by atoms with Crippen LogP contribution in [0.3, 0.4) is 0 Å². The van der Waals surface area contributed by atoms with Crippen molar-refractivity contribution < 1.29 is 22.7 Å². The Labute approximate surface area is 143 Å². The van der Waals surface area contributed by atoms with Crippen LogP contribution in [0.25, 0.3) is 0 Å². The lowest BCUT2D eigenvalue weighted by Crippen LogP contribution is -2.30. The Kier molecular flexibility index (Phi) is 4.61. The summed E-state index contributed by atoms with van der Waals surface area (Å²) in [5, 5.41) is 0. The minimum Gasteiger partial charge on any atom is -0.455 e. The second-order valence-corrected chi connectivity index (χ2v) is 9.11. The molecule has 2 aliphatic heterocycles. The van der Waals surface area contributed by atoms with Gasteiger partial charge in [0.1, 0.15) is 12.2 Å². The molecule has 2 fully saturated rings. The molecule has 6 nitrogen and oxygen atoms in total. The molecule has 2 saturated heterocycles. The van der Waals surface area contributed by atoms with Crippen molar-refractivity contribution in [3.8, 4) is 0 Å². The van der Waals surface area contributed by atoms with Crippen LogP contribution < -0.4 is 4.72 Å². The number of carbonyl (C=O) groups is 1. The van der Waals surface area contributed by atoms with E-state index in [4.69, 9.17) is 9.47 Å². The van der Waals surface area contributed by atoms with Crippen LogP contribution in [0.2, 0.25) is 0 Å². The molecule has 3 aliphatic rings. The molecular formula is C17H25NO5S. The highest BCUT2D eigenvalue weighted by atomic mass is 32.2. The van der Waals surface area contributed by atoms with Crippen LogP contribution in [-0.2, 0) is 24.3 Å². The Morgan fingerprint density at radius 2 is 2.21 bits per heavy atom. The quantitative estimate of drug-likeness (QED) is 0.359. The minimum absolute atomic E-state index is 0.0563. The van der Waals surface area contributed by atoms with Crippen molar-refractivity contribution in [3.05, 3.63) is 23.8 Å². The third-order valence-corrected chi connectivity index (χ3v) is 6.68. The third-order valence-electron chi connectivity index (χ3n) is 5.34. The summed E-state index contributed by atoms with van der Waals surface area (Å²) in [5.41, 5.74) is 1.28. The van der Waals surface area contributed by atoms with Crippen molar-refractivity contribution in [3.63, 3.8) is 0 Å². The standard InChI is InChI=1S/C17H25NO5S/c1-4-24(20,21)18-10-12-6-5-9-17(3)15(23-17)14-13(8-7-12)11(2)16(19)22-14/h6,13-15,18H,2,4-5,7-10H2,1,3H3/b12-6+/t13-,14-,15-,17+/m0/s1. The minimum atomic E-state index is -3.22. The molecule has 0 aromatic carbocycles. The molecule has 0 radical (unpaired) electrons. The number of esters is 1. The molecule has 0 bridgehead atoms. The average molecular weight is 355 g/mol. The number of nitrogens with one attached hydrogen (secondary N) is 1. The SMILES string of the molecule is C=C1C(=O)O[C@H]2[C@H]1CC/C(CNS(=O)(=O)CC)=C\CC[C@@]1(C)O[C@@H]21. The summed E-state index contributed by atoms with van der Waals surface area (Å²) in [6.45, 7) is 7.86. The van der Waals surface area contributed by atoms with E-state index in [1.807, 2.05) is 6.92 Å². The van der Waals surface area contributed by atoms with Crippen molar-refractivity contribution >= 4 is 16.0 Å². The molecule has 0 spiro atoms. The summed E-state index contributed by atoms with van der Waals surface area (Å²) in [7, 11) is -3.22. The van der Waals surface area contributed by atoms with E-state index in [1.165, 1.54) is 0 Å². The zero-order valence-electron chi connectivity index (χ0n) is 14.2. The van der Waals surface area contributed by atoms with Crippen molar-refractivity contribution in [1.82, 2.24) is 4.72 Å². The van der Waals surface area contributed by atoms with Gasteiger partial charge in [0.05, 0.1) is 11.4 Å². The Morgan fingerprint density at radius 1 is 1.46 bits per heavy atom. The van der Waals surface area contributed by atoms with Gasteiger partial charge in [-0.1, -0.05) is 18.2 Å². The summed E-state index contributed by atoms with van der Waals surface area (Å²) in [6, 6.07) is 0. The molecule has 1 aliphatic carbocycles. The van der Waals surface area contributed by atoms with Crippen LogP contribution in [0.4, 0.5) is 0 Å². The topological polar surface area (TPSA) is 85.0 Å². The maximum atomic E-state index is 11.9. The maximum absolute atomic E-state index is 11.9. The predicted molar refractivity (Wildman–Crippen MR) is 89.8 cm³/mol. The van der Waals surface area contributed by atoms with Crippen molar-refractivity contribution in [2.45, 2.75) is 57.3 Å². The molecule has 4 atom stereocenters. The van der Waals surface area contributed by atoms with E-state index in [-0.39, 0.29) is 35.4 Å². The molecule has 2 heterocycles. The van der Waals surface area contributed by atoms with Gasteiger partial charge in [-0.3, -0.25) is 0 Å². The van der Waals surface area contributed by atoms with Gasteiger partial charge in [0, 0.05) is 18.0 Å². The summed E-state index contributed by atoms with van der Waals surface area (Å²) in [6.07, 6.45) is 4.86. The monoisotopic (exact) mass is 355 g/mol. The highest BCUT2D eigenvalue weighted by Crippen LogP contribution is 2.49. The van der Waals surface area contributed by atoms with E-state index in [0.717, 1.165) is 18.4 Å². The number of carbonyl (C=O) groups excluding carboxylic acids is 1. The molecule has 134 valence electrons. The van der Waals surface area contributed by atoms with Crippen molar-refractivity contribution in [2.24, 2.45) is 5.92 Å². The van der Waals surface area contributed by atoms with Crippen LogP contribution in [0, 0.1) is 5.92 Å². The highest BCUT2D eigenvalue weighted by molar-refractivity contribution is 7.89. The van der Waals surface area contributed by atoms with E-state index in [2.05, 4.69) is 17.4 Å². The molecular weight excluding hydrogens is 330 g/mol. The summed E-state index contributed by atoms with van der Waals surface area (Å²) in [4.78, 5) is 11.9. The lowest BCUT2D eigenvalue weighted by molar-refractivity contribution is -0.140. The van der Waals surface area contributed by atoms with Crippen LogP contribution in [-0.4, -0.2) is 44.5 Å². The molecule has 0 unspecified atom stereocenters. The molecule has 3 rings (SSSR count). The van der Waals surface area contributed by atoms with Gasteiger partial charge in [0.15, 0.2) is 0 Å². The number of rotatable bonds is 4. The molecule has 0 amide bonds. The zero-order chi connectivity index (χ0) is 17.5. The fourth-order valence-electron chi connectivity index (χ4n) is 3.59. The largest absolute Gasteiger partial charge is 0.455 e. The normalized spacial score (nSPS) is 38.6.